The first-order valence-corrected chi connectivity index (χ1v) is 13.2. The van der Waals surface area contributed by atoms with E-state index in [4.69, 9.17) is 14.2 Å². The van der Waals surface area contributed by atoms with Crippen molar-refractivity contribution < 1.29 is 28.9 Å². The maximum atomic E-state index is 13.0. The Balaban J connectivity index is 2.95. The maximum Gasteiger partial charge on any atom is 0.320 e. The Kier molecular flexibility index (Phi) is 15.1. The minimum atomic E-state index is -1.05. The molecule has 2 unspecified atom stereocenters. The lowest BCUT2D eigenvalue weighted by atomic mass is 9.97. The third-order valence-electron chi connectivity index (χ3n) is 6.34. The van der Waals surface area contributed by atoms with E-state index in [0.717, 1.165) is 51.4 Å². The Morgan fingerprint density at radius 3 is 1.82 bits per heavy atom. The summed E-state index contributed by atoms with van der Waals surface area (Å²) in [5, 5.41) is 10.00. The van der Waals surface area contributed by atoms with Gasteiger partial charge in [0.15, 0.2) is 17.4 Å². The molecule has 0 aliphatic heterocycles. The van der Waals surface area contributed by atoms with Crippen molar-refractivity contribution in [1.82, 2.24) is 0 Å². The van der Waals surface area contributed by atoms with E-state index in [-0.39, 0.29) is 24.0 Å². The Hall–Kier alpha value is -2.24. The van der Waals surface area contributed by atoms with Gasteiger partial charge in [0.05, 0.1) is 19.8 Å². The molecule has 1 aromatic carbocycles. The molecule has 194 valence electrons. The fourth-order valence-corrected chi connectivity index (χ4v) is 3.85. The zero-order valence-corrected chi connectivity index (χ0v) is 21.9. The minimum absolute atomic E-state index is 0.0238. The molecule has 0 radical (unpaired) electrons. The molecule has 0 bridgehead atoms. The van der Waals surface area contributed by atoms with Crippen LogP contribution in [0.2, 0.25) is 0 Å². The highest BCUT2D eigenvalue weighted by molar-refractivity contribution is 5.95. The van der Waals surface area contributed by atoms with Gasteiger partial charge in [-0.2, -0.15) is 0 Å². The summed E-state index contributed by atoms with van der Waals surface area (Å²) in [6.07, 6.45) is 8.35. The molecule has 2 atom stereocenters. The molecule has 0 amide bonds. The number of hydrogen-bond donors (Lipinski definition) is 1. The Labute approximate surface area is 206 Å². The van der Waals surface area contributed by atoms with Crippen molar-refractivity contribution in [3.8, 4) is 11.5 Å². The lowest BCUT2D eigenvalue weighted by Gasteiger charge is -2.20. The van der Waals surface area contributed by atoms with Crippen LogP contribution in [0.15, 0.2) is 18.2 Å². The predicted octanol–water partition coefficient (Wildman–Crippen LogP) is 6.47. The molecule has 0 saturated heterocycles. The number of phenolic OH excluding ortho intramolecular Hbond substituents is 1. The van der Waals surface area contributed by atoms with Crippen LogP contribution in [0.1, 0.15) is 91.5 Å². The Morgan fingerprint density at radius 2 is 1.38 bits per heavy atom. The van der Waals surface area contributed by atoms with Crippen molar-refractivity contribution in [3.63, 3.8) is 0 Å². The molecule has 6 nitrogen and oxygen atoms in total. The second kappa shape index (κ2) is 17.2. The average molecular weight is 479 g/mol. The van der Waals surface area contributed by atoms with Gasteiger partial charge in [0, 0.05) is 0 Å². The molecule has 0 aromatic heterocycles. The highest BCUT2D eigenvalue weighted by Crippen LogP contribution is 2.28. The number of rotatable bonds is 18. The zero-order chi connectivity index (χ0) is 25.3. The quantitative estimate of drug-likeness (QED) is 0.192. The summed E-state index contributed by atoms with van der Waals surface area (Å²) in [7, 11) is 0. The third kappa shape index (κ3) is 10.8. The molecule has 0 heterocycles. The van der Waals surface area contributed by atoms with Crippen LogP contribution in [0.25, 0.3) is 0 Å². The number of hydrogen-bond acceptors (Lipinski definition) is 6. The van der Waals surface area contributed by atoms with Gasteiger partial charge in [0.25, 0.3) is 0 Å². The number of aromatic hydroxyl groups is 1. The lowest BCUT2D eigenvalue weighted by Crippen LogP contribution is -2.32. The third-order valence-corrected chi connectivity index (χ3v) is 6.34. The van der Waals surface area contributed by atoms with Gasteiger partial charge in [-0.1, -0.05) is 72.3 Å². The normalized spacial score (nSPS) is 13.7. The van der Waals surface area contributed by atoms with Crippen molar-refractivity contribution in [2.45, 2.75) is 92.4 Å². The Morgan fingerprint density at radius 1 is 0.853 bits per heavy atom. The first-order valence-electron chi connectivity index (χ1n) is 13.2. The van der Waals surface area contributed by atoms with Crippen LogP contribution in [0.4, 0.5) is 0 Å². The fourth-order valence-electron chi connectivity index (χ4n) is 3.85. The second-order valence-corrected chi connectivity index (χ2v) is 9.08. The summed E-state index contributed by atoms with van der Waals surface area (Å²) >= 11 is 0. The van der Waals surface area contributed by atoms with Gasteiger partial charge in [0.2, 0.25) is 0 Å². The molecule has 1 rings (SSSR count). The number of esters is 2. The molecular formula is C28H46O6. The summed E-state index contributed by atoms with van der Waals surface area (Å²) < 4.78 is 16.7. The van der Waals surface area contributed by atoms with Crippen LogP contribution >= 0.6 is 0 Å². The number of ether oxygens (including phenoxy) is 3. The van der Waals surface area contributed by atoms with Gasteiger partial charge >= 0.3 is 11.9 Å². The zero-order valence-electron chi connectivity index (χ0n) is 21.9. The van der Waals surface area contributed by atoms with E-state index in [1.807, 2.05) is 6.92 Å². The number of unbranched alkanes of at least 4 members (excludes halogenated alkanes) is 2. The van der Waals surface area contributed by atoms with Gasteiger partial charge in [-0.25, -0.2) is 0 Å². The molecule has 1 N–H and O–H groups in total. The summed E-state index contributed by atoms with van der Waals surface area (Å²) in [5.41, 5.74) is 0.705. The molecule has 1 aromatic rings. The van der Waals surface area contributed by atoms with Crippen LogP contribution < -0.4 is 4.74 Å². The molecule has 6 heteroatoms. The average Bonchev–Trinajstić information content (AvgIpc) is 2.84. The molecule has 0 saturated carbocycles. The topological polar surface area (TPSA) is 82.1 Å². The van der Waals surface area contributed by atoms with Crippen molar-refractivity contribution in [1.29, 1.82) is 0 Å². The van der Waals surface area contributed by atoms with Gasteiger partial charge < -0.3 is 19.3 Å². The van der Waals surface area contributed by atoms with Crippen molar-refractivity contribution >= 4 is 11.9 Å². The van der Waals surface area contributed by atoms with E-state index in [1.54, 1.807) is 12.1 Å². The van der Waals surface area contributed by atoms with Gasteiger partial charge in [-0.05, 0) is 55.7 Å². The highest BCUT2D eigenvalue weighted by Gasteiger charge is 2.31. The van der Waals surface area contributed by atoms with E-state index < -0.39 is 17.9 Å². The molecule has 0 aliphatic carbocycles. The summed E-state index contributed by atoms with van der Waals surface area (Å²) in [5.74, 6) is -1.21. The largest absolute Gasteiger partial charge is 0.504 e. The van der Waals surface area contributed by atoms with Crippen LogP contribution in [-0.4, -0.2) is 36.9 Å². The minimum Gasteiger partial charge on any atom is -0.504 e. The van der Waals surface area contributed by atoms with E-state index in [1.165, 1.54) is 6.07 Å². The van der Waals surface area contributed by atoms with Gasteiger partial charge in [-0.15, -0.1) is 0 Å². The number of phenols is 1. The van der Waals surface area contributed by atoms with E-state index >= 15 is 0 Å². The molecule has 0 spiro atoms. The molecule has 0 fully saturated rings. The van der Waals surface area contributed by atoms with Gasteiger partial charge in [0.1, 0.15) is 0 Å². The van der Waals surface area contributed by atoms with Crippen LogP contribution in [-0.2, 0) is 25.5 Å². The Bertz CT molecular complexity index is 685. The van der Waals surface area contributed by atoms with Crippen LogP contribution in [0.3, 0.4) is 0 Å². The summed E-state index contributed by atoms with van der Waals surface area (Å²) in [6.45, 7) is 11.3. The maximum absolute atomic E-state index is 13.0. The fraction of sp³-hybridized carbons (Fsp3) is 0.714. The van der Waals surface area contributed by atoms with E-state index in [0.29, 0.717) is 31.1 Å². The number of carbonyl (C=O) groups excluding carboxylic acids is 2. The monoisotopic (exact) mass is 478 g/mol. The van der Waals surface area contributed by atoms with Crippen molar-refractivity contribution in [2.24, 2.45) is 17.8 Å². The molecule has 0 aliphatic rings. The van der Waals surface area contributed by atoms with E-state index in [2.05, 4.69) is 27.7 Å². The smallest absolute Gasteiger partial charge is 0.320 e. The first-order chi connectivity index (χ1) is 16.4. The SMILES string of the molecule is CCCCC(CC)COC(=O)C(Cc1ccc(O)c(OCC)c1)C(=O)OCC(CC)CCCC. The van der Waals surface area contributed by atoms with Crippen molar-refractivity contribution in [3.05, 3.63) is 23.8 Å². The second-order valence-electron chi connectivity index (χ2n) is 9.08. The first kappa shape index (κ1) is 29.8. The number of benzene rings is 1. The van der Waals surface area contributed by atoms with Crippen molar-refractivity contribution in [2.75, 3.05) is 19.8 Å². The number of carbonyl (C=O) groups is 2. The van der Waals surface area contributed by atoms with Crippen LogP contribution in [0, 0.1) is 17.8 Å². The highest BCUT2D eigenvalue weighted by atomic mass is 16.6. The summed E-state index contributed by atoms with van der Waals surface area (Å²) in [4.78, 5) is 26.1. The molecule has 34 heavy (non-hydrogen) atoms. The molecular weight excluding hydrogens is 432 g/mol. The van der Waals surface area contributed by atoms with E-state index in [9.17, 15) is 14.7 Å². The standard InChI is InChI=1S/C28H46O6/c1-6-11-13-21(8-3)19-33-27(30)24(28(31)34-20-22(9-4)14-12-7-2)17-23-15-16-25(29)26(18-23)32-10-5/h15-16,18,21-22,24,29H,6-14,17,19-20H2,1-5H3. The van der Waals surface area contributed by atoms with Crippen LogP contribution in [0.5, 0.6) is 11.5 Å². The predicted molar refractivity (Wildman–Crippen MR) is 135 cm³/mol. The lowest BCUT2D eigenvalue weighted by molar-refractivity contribution is -0.163. The van der Waals surface area contributed by atoms with Gasteiger partial charge in [-0.3, -0.25) is 9.59 Å². The summed E-state index contributed by atoms with van der Waals surface area (Å²) in [6, 6.07) is 4.87.